The highest BCUT2D eigenvalue weighted by Gasteiger charge is 2.76. The molecule has 0 spiro atoms. The highest BCUT2D eigenvalue weighted by Crippen LogP contribution is 2.54. The van der Waals surface area contributed by atoms with Gasteiger partial charge in [0, 0.05) is 48.6 Å². The first kappa shape index (κ1) is 33.4. The molecule has 0 aromatic heterocycles. The molecule has 0 amide bonds. The summed E-state index contributed by atoms with van der Waals surface area (Å²) >= 11 is 5.13. The van der Waals surface area contributed by atoms with Crippen molar-refractivity contribution >= 4 is 38.8 Å². The fraction of sp³-hybridized carbons (Fsp3) is 0.417. The van der Waals surface area contributed by atoms with Crippen LogP contribution in [0.2, 0.25) is 0 Å². The van der Waals surface area contributed by atoms with E-state index in [1.807, 2.05) is 0 Å². The Morgan fingerprint density at radius 3 is 2.10 bits per heavy atom. The molecule has 0 atom stereocenters. The molecule has 42 heavy (non-hydrogen) atoms. The molecule has 3 rings (SSSR count). The highest BCUT2D eigenvalue weighted by molar-refractivity contribution is 7.96. The lowest BCUT2D eigenvalue weighted by Crippen LogP contribution is -2.58. The monoisotopic (exact) mass is 649 g/mol. The summed E-state index contributed by atoms with van der Waals surface area (Å²) in [5.41, 5.74) is -2.87. The van der Waals surface area contributed by atoms with Crippen LogP contribution in [0.1, 0.15) is 17.5 Å². The molecule has 1 heterocycles. The zero-order chi connectivity index (χ0) is 31.7. The second kappa shape index (κ2) is 11.9. The van der Waals surface area contributed by atoms with Gasteiger partial charge in [0.1, 0.15) is 0 Å². The average molecular weight is 650 g/mol. The van der Waals surface area contributed by atoms with Crippen LogP contribution in [0.4, 0.5) is 45.2 Å². The van der Waals surface area contributed by atoms with Gasteiger partial charge in [-0.2, -0.15) is 43.8 Å². The quantitative estimate of drug-likeness (QED) is 0.223. The number of anilines is 1. The number of ether oxygens (including phenoxy) is 1. The van der Waals surface area contributed by atoms with Crippen LogP contribution in [0.3, 0.4) is 0 Å². The van der Waals surface area contributed by atoms with Crippen LogP contribution in [0.5, 0.6) is 0 Å². The van der Waals surface area contributed by atoms with Gasteiger partial charge >= 0.3 is 30.1 Å². The van der Waals surface area contributed by atoms with E-state index in [9.17, 15) is 52.7 Å². The highest BCUT2D eigenvalue weighted by atomic mass is 32.2. The summed E-state index contributed by atoms with van der Waals surface area (Å²) in [6.45, 7) is -0.908. The third-order valence-electron chi connectivity index (χ3n) is 6.16. The molecule has 0 unspecified atom stereocenters. The van der Waals surface area contributed by atoms with E-state index in [-0.39, 0.29) is 60.2 Å². The molecule has 1 aromatic carbocycles. The zero-order valence-corrected chi connectivity index (χ0v) is 22.7. The molecule has 1 aliphatic carbocycles. The molecule has 1 aromatic rings. The van der Waals surface area contributed by atoms with Crippen LogP contribution < -0.4 is 10.6 Å². The lowest BCUT2D eigenvalue weighted by Gasteiger charge is -2.38. The Labute approximate surface area is 238 Å². The average Bonchev–Trinajstić information content (AvgIpc) is 2.88. The number of nitrogens with zero attached hydrogens (tertiary/aromatic N) is 2. The molecule has 0 bridgehead atoms. The summed E-state index contributed by atoms with van der Waals surface area (Å²) in [4.78, 5) is 12.8. The van der Waals surface area contributed by atoms with Crippen molar-refractivity contribution in [3.63, 3.8) is 0 Å². The molecule has 1 fully saturated rings. The van der Waals surface area contributed by atoms with E-state index in [4.69, 9.17) is 18.0 Å². The van der Waals surface area contributed by atoms with Gasteiger partial charge in [-0.25, -0.2) is 13.2 Å². The van der Waals surface area contributed by atoms with E-state index >= 15 is 0 Å². The molecule has 0 saturated carbocycles. The number of piperazine rings is 1. The lowest BCUT2D eigenvalue weighted by atomic mass is 9.89. The number of rotatable bonds is 5. The summed E-state index contributed by atoms with van der Waals surface area (Å²) in [6.07, 6.45) is -14.6. The number of sulfonamides is 1. The summed E-state index contributed by atoms with van der Waals surface area (Å²) in [5, 5.41) is 0. The SMILES string of the molecule is NCC#Cc1cc(C(OC(=O)C(F)(F)F)(C(F)(F)F)C(F)(F)F)ccc1N1CCN(S(=O)(=O)C2=CC=CCC2=S)CC1. The van der Waals surface area contributed by atoms with Crippen LogP contribution in [-0.4, -0.2) is 74.8 Å². The minimum absolute atomic E-state index is 0.0625. The van der Waals surface area contributed by atoms with Gasteiger partial charge < -0.3 is 15.4 Å². The number of hydrogen-bond donors (Lipinski definition) is 1. The van der Waals surface area contributed by atoms with E-state index in [0.29, 0.717) is 0 Å². The first-order valence-electron chi connectivity index (χ1n) is 11.7. The van der Waals surface area contributed by atoms with E-state index in [1.54, 1.807) is 6.08 Å². The van der Waals surface area contributed by atoms with Gasteiger partial charge in [-0.05, 0) is 18.2 Å². The maximum atomic E-state index is 14.0. The first-order valence-corrected chi connectivity index (χ1v) is 13.5. The fourth-order valence-electron chi connectivity index (χ4n) is 4.20. The Bertz CT molecular complexity index is 1450. The van der Waals surface area contributed by atoms with Crippen LogP contribution >= 0.6 is 12.2 Å². The molecule has 18 heteroatoms. The standard InChI is InChI=1S/C24H20F9N3O4S2/c25-22(26,27)20(37)40-21(23(28,29)30,24(31,32)33)16-7-8-17(15(14-16)4-3-9-34)35-10-12-36(13-11-35)42(38,39)19-6-2-1-5-18(19)41/h1-2,6-8,14H,5,9-13,34H2. The van der Waals surface area contributed by atoms with Crippen molar-refractivity contribution < 1.29 is 57.5 Å². The number of alkyl halides is 9. The van der Waals surface area contributed by atoms with Gasteiger partial charge in [-0.3, -0.25) is 0 Å². The van der Waals surface area contributed by atoms with Gasteiger partial charge in [0.25, 0.3) is 0 Å². The molecule has 2 aliphatic rings. The number of nitrogens with two attached hydrogens (primary N) is 1. The Morgan fingerprint density at radius 2 is 1.60 bits per heavy atom. The summed E-state index contributed by atoms with van der Waals surface area (Å²) in [6, 6.07) is 1.16. The van der Waals surface area contributed by atoms with Crippen LogP contribution in [0.25, 0.3) is 0 Å². The van der Waals surface area contributed by atoms with Gasteiger partial charge in [0.05, 0.1) is 17.1 Å². The first-order chi connectivity index (χ1) is 19.3. The maximum Gasteiger partial charge on any atom is 0.490 e. The van der Waals surface area contributed by atoms with Crippen molar-refractivity contribution in [2.24, 2.45) is 5.73 Å². The molecule has 1 aliphatic heterocycles. The Hall–Kier alpha value is -3.14. The predicted molar refractivity (Wildman–Crippen MR) is 135 cm³/mol. The summed E-state index contributed by atoms with van der Waals surface area (Å²) in [7, 11) is -4.01. The van der Waals surface area contributed by atoms with Crippen molar-refractivity contribution in [2.45, 2.75) is 30.6 Å². The molecular weight excluding hydrogens is 629 g/mol. The predicted octanol–water partition coefficient (Wildman–Crippen LogP) is 4.09. The minimum Gasteiger partial charge on any atom is -0.428 e. The number of hydrogen-bond acceptors (Lipinski definition) is 7. The van der Waals surface area contributed by atoms with Crippen LogP contribution in [0.15, 0.2) is 41.3 Å². The van der Waals surface area contributed by atoms with Gasteiger partial charge in [0.2, 0.25) is 10.0 Å². The fourth-order valence-corrected chi connectivity index (χ4v) is 6.22. The summed E-state index contributed by atoms with van der Waals surface area (Å²) < 4.78 is 153. The van der Waals surface area contributed by atoms with Crippen molar-refractivity contribution in [3.8, 4) is 11.8 Å². The van der Waals surface area contributed by atoms with Crippen LogP contribution in [-0.2, 0) is 25.2 Å². The van der Waals surface area contributed by atoms with Crippen molar-refractivity contribution in [1.29, 1.82) is 0 Å². The van der Waals surface area contributed by atoms with E-state index in [1.165, 1.54) is 17.1 Å². The Kier molecular flexibility index (Phi) is 9.42. The molecule has 1 saturated heterocycles. The molecule has 7 nitrogen and oxygen atoms in total. The number of halogens is 9. The van der Waals surface area contributed by atoms with E-state index in [2.05, 4.69) is 16.6 Å². The second-order valence-corrected chi connectivity index (χ2v) is 11.2. The van der Waals surface area contributed by atoms with Crippen molar-refractivity contribution in [1.82, 2.24) is 4.31 Å². The molecule has 230 valence electrons. The van der Waals surface area contributed by atoms with Crippen molar-refractivity contribution in [2.75, 3.05) is 37.6 Å². The van der Waals surface area contributed by atoms with Gasteiger partial charge in [-0.15, -0.1) is 0 Å². The number of carbonyl (C=O) groups excluding carboxylic acids is 1. The smallest absolute Gasteiger partial charge is 0.428 e. The Morgan fingerprint density at radius 1 is 1.00 bits per heavy atom. The minimum atomic E-state index is -6.59. The normalized spacial score (nSPS) is 17.4. The molecular formula is C24H20F9N3O4S2. The number of benzene rings is 1. The van der Waals surface area contributed by atoms with E-state index in [0.717, 1.165) is 10.4 Å². The lowest BCUT2D eigenvalue weighted by molar-refractivity contribution is -0.382. The van der Waals surface area contributed by atoms with E-state index < -0.39 is 57.8 Å². The van der Waals surface area contributed by atoms with Crippen LogP contribution in [0, 0.1) is 11.8 Å². The number of thiocarbonyl (C=S) groups is 1. The molecule has 2 N–H and O–H groups in total. The second-order valence-electron chi connectivity index (χ2n) is 8.78. The van der Waals surface area contributed by atoms with Gasteiger partial charge in [0.15, 0.2) is 0 Å². The Balaban J connectivity index is 2.04. The number of allylic oxidation sites excluding steroid dienone is 4. The number of carbonyl (C=O) groups is 1. The molecule has 0 radical (unpaired) electrons. The summed E-state index contributed by atoms with van der Waals surface area (Å²) in [5.74, 6) is 0.829. The largest absolute Gasteiger partial charge is 0.490 e. The third kappa shape index (κ3) is 6.43. The van der Waals surface area contributed by atoms with Gasteiger partial charge in [-0.1, -0.05) is 42.3 Å². The third-order valence-corrected chi connectivity index (χ3v) is 8.66. The van der Waals surface area contributed by atoms with Crippen molar-refractivity contribution in [3.05, 3.63) is 52.5 Å². The topological polar surface area (TPSA) is 92.9 Å². The zero-order valence-electron chi connectivity index (χ0n) is 21.0. The maximum absolute atomic E-state index is 14.0. The number of esters is 1.